The van der Waals surface area contributed by atoms with E-state index in [1.165, 1.54) is 0 Å². The van der Waals surface area contributed by atoms with Gasteiger partial charge < -0.3 is 15.5 Å². The Bertz CT molecular complexity index is 159. The maximum absolute atomic E-state index is 10.2. The van der Waals surface area contributed by atoms with Crippen molar-refractivity contribution in [3.05, 3.63) is 0 Å². The van der Waals surface area contributed by atoms with Gasteiger partial charge in [-0.25, -0.2) is 0 Å². The Balaban J connectivity index is 3.47. The lowest BCUT2D eigenvalue weighted by Crippen LogP contribution is -2.34. The Kier molecular flexibility index (Phi) is 7.42. The molecule has 4 heteroatoms. The van der Waals surface area contributed by atoms with Crippen molar-refractivity contribution in [2.45, 2.75) is 39.2 Å². The Hall–Kier alpha value is -0.610. The average molecular weight is 203 g/mol. The summed E-state index contributed by atoms with van der Waals surface area (Å²) in [5.74, 6) is -0.227. The number of rotatable bonds is 8. The van der Waals surface area contributed by atoms with Gasteiger partial charge in [0.2, 0.25) is 0 Å². The summed E-state index contributed by atoms with van der Waals surface area (Å²) in [6.07, 6.45) is 1.72. The molecule has 0 aromatic heterocycles. The van der Waals surface area contributed by atoms with Crippen LogP contribution in [-0.4, -0.2) is 35.4 Å². The third kappa shape index (κ3) is 8.01. The maximum atomic E-state index is 10.2. The van der Waals surface area contributed by atoms with Gasteiger partial charge in [0.1, 0.15) is 0 Å². The molecule has 1 atom stereocenters. The summed E-state index contributed by atoms with van der Waals surface area (Å²) in [4.78, 5) is 10.2. The second-order valence-electron chi connectivity index (χ2n) is 3.96. The Morgan fingerprint density at radius 2 is 2.07 bits per heavy atom. The normalized spacial score (nSPS) is 13.1. The van der Waals surface area contributed by atoms with Crippen LogP contribution in [-0.2, 0) is 4.79 Å². The maximum Gasteiger partial charge on any atom is 0.303 e. The van der Waals surface area contributed by atoms with Gasteiger partial charge in [-0.15, -0.1) is 0 Å². The van der Waals surface area contributed by atoms with E-state index in [0.717, 1.165) is 6.42 Å². The van der Waals surface area contributed by atoms with Gasteiger partial charge in [0, 0.05) is 12.5 Å². The first kappa shape index (κ1) is 13.4. The van der Waals surface area contributed by atoms with Crippen LogP contribution in [0.2, 0.25) is 0 Å². The lowest BCUT2D eigenvalue weighted by atomic mass is 10.0. The summed E-state index contributed by atoms with van der Waals surface area (Å²) in [7, 11) is 0. The molecule has 0 aromatic carbocycles. The van der Waals surface area contributed by atoms with Crippen LogP contribution in [0.5, 0.6) is 0 Å². The SMILES string of the molecule is CC(C)CC(CO)NCCCC(=O)O. The Morgan fingerprint density at radius 3 is 2.50 bits per heavy atom. The van der Waals surface area contributed by atoms with Crippen molar-refractivity contribution >= 4 is 5.97 Å². The van der Waals surface area contributed by atoms with Gasteiger partial charge in [0.15, 0.2) is 0 Å². The van der Waals surface area contributed by atoms with Crippen LogP contribution in [0.1, 0.15) is 33.1 Å². The number of hydrogen-bond donors (Lipinski definition) is 3. The summed E-state index contributed by atoms with van der Waals surface area (Å²) in [5.41, 5.74) is 0. The fraction of sp³-hybridized carbons (Fsp3) is 0.900. The number of aliphatic carboxylic acids is 1. The fourth-order valence-electron chi connectivity index (χ4n) is 1.34. The number of carboxylic acid groups (broad SMARTS) is 1. The third-order valence-corrected chi connectivity index (χ3v) is 1.98. The molecule has 14 heavy (non-hydrogen) atoms. The van der Waals surface area contributed by atoms with Gasteiger partial charge in [0.05, 0.1) is 6.61 Å². The predicted molar refractivity (Wildman–Crippen MR) is 55.2 cm³/mol. The molecule has 0 aromatic rings. The number of hydrogen-bond acceptors (Lipinski definition) is 3. The zero-order chi connectivity index (χ0) is 11.0. The van der Waals surface area contributed by atoms with Gasteiger partial charge >= 0.3 is 5.97 Å². The van der Waals surface area contributed by atoms with E-state index in [1.54, 1.807) is 0 Å². The van der Waals surface area contributed by atoms with E-state index >= 15 is 0 Å². The number of aliphatic hydroxyl groups is 1. The van der Waals surface area contributed by atoms with Crippen LogP contribution in [0.4, 0.5) is 0 Å². The van der Waals surface area contributed by atoms with Crippen LogP contribution in [0.25, 0.3) is 0 Å². The van der Waals surface area contributed by atoms with Gasteiger partial charge in [-0.05, 0) is 25.3 Å². The van der Waals surface area contributed by atoms with Crippen LogP contribution in [0.15, 0.2) is 0 Å². The molecule has 0 radical (unpaired) electrons. The predicted octanol–water partition coefficient (Wildman–Crippen LogP) is 0.848. The molecule has 0 aliphatic carbocycles. The minimum atomic E-state index is -0.767. The first-order valence-corrected chi connectivity index (χ1v) is 5.12. The van der Waals surface area contributed by atoms with Gasteiger partial charge in [-0.1, -0.05) is 13.8 Å². The van der Waals surface area contributed by atoms with Crippen molar-refractivity contribution in [3.8, 4) is 0 Å². The minimum absolute atomic E-state index is 0.101. The summed E-state index contributed by atoms with van der Waals surface area (Å²) in [6.45, 7) is 4.97. The highest BCUT2D eigenvalue weighted by Crippen LogP contribution is 2.04. The highest BCUT2D eigenvalue weighted by molar-refractivity contribution is 5.66. The summed E-state index contributed by atoms with van der Waals surface area (Å²) in [5, 5.41) is 20.6. The molecular formula is C10H21NO3. The van der Waals surface area contributed by atoms with E-state index in [9.17, 15) is 4.79 Å². The van der Waals surface area contributed by atoms with E-state index in [1.807, 2.05) is 0 Å². The van der Waals surface area contributed by atoms with Crippen LogP contribution in [0, 0.1) is 5.92 Å². The largest absolute Gasteiger partial charge is 0.481 e. The first-order chi connectivity index (χ1) is 6.56. The average Bonchev–Trinajstić information content (AvgIpc) is 2.09. The van der Waals surface area contributed by atoms with Gasteiger partial charge in [0.25, 0.3) is 0 Å². The molecule has 0 amide bonds. The van der Waals surface area contributed by atoms with Crippen LogP contribution >= 0.6 is 0 Å². The molecule has 1 unspecified atom stereocenters. The molecule has 0 aliphatic rings. The number of carbonyl (C=O) groups is 1. The first-order valence-electron chi connectivity index (χ1n) is 5.12. The molecule has 0 heterocycles. The van der Waals surface area contributed by atoms with Gasteiger partial charge in [-0.2, -0.15) is 0 Å². The molecular weight excluding hydrogens is 182 g/mol. The topological polar surface area (TPSA) is 69.6 Å². The smallest absolute Gasteiger partial charge is 0.303 e. The summed E-state index contributed by atoms with van der Waals surface area (Å²) < 4.78 is 0. The van der Waals surface area contributed by atoms with Crippen molar-refractivity contribution in [3.63, 3.8) is 0 Å². The molecule has 0 aliphatic heterocycles. The fourth-order valence-corrected chi connectivity index (χ4v) is 1.34. The molecule has 3 N–H and O–H groups in total. The number of carboxylic acids is 1. The molecule has 0 fully saturated rings. The second-order valence-corrected chi connectivity index (χ2v) is 3.96. The van der Waals surface area contributed by atoms with Crippen molar-refractivity contribution < 1.29 is 15.0 Å². The Morgan fingerprint density at radius 1 is 1.43 bits per heavy atom. The molecule has 4 nitrogen and oxygen atoms in total. The van der Waals surface area contributed by atoms with Crippen molar-refractivity contribution in [1.82, 2.24) is 5.32 Å². The summed E-state index contributed by atoms with van der Waals surface area (Å²) in [6, 6.07) is 0.101. The molecule has 0 saturated heterocycles. The lowest BCUT2D eigenvalue weighted by molar-refractivity contribution is -0.137. The van der Waals surface area contributed by atoms with E-state index in [-0.39, 0.29) is 19.1 Å². The number of nitrogens with one attached hydrogen (secondary N) is 1. The van der Waals surface area contributed by atoms with Crippen molar-refractivity contribution in [1.29, 1.82) is 0 Å². The van der Waals surface area contributed by atoms with E-state index in [0.29, 0.717) is 18.9 Å². The van der Waals surface area contributed by atoms with E-state index in [2.05, 4.69) is 19.2 Å². The highest BCUT2D eigenvalue weighted by atomic mass is 16.4. The van der Waals surface area contributed by atoms with Gasteiger partial charge in [-0.3, -0.25) is 4.79 Å². The van der Waals surface area contributed by atoms with Crippen LogP contribution < -0.4 is 5.32 Å². The van der Waals surface area contributed by atoms with Crippen molar-refractivity contribution in [2.75, 3.05) is 13.2 Å². The molecule has 84 valence electrons. The van der Waals surface area contributed by atoms with E-state index < -0.39 is 5.97 Å². The molecule has 0 spiro atoms. The highest BCUT2D eigenvalue weighted by Gasteiger charge is 2.08. The molecule has 0 saturated carbocycles. The monoisotopic (exact) mass is 203 g/mol. The molecule has 0 bridgehead atoms. The summed E-state index contributed by atoms with van der Waals surface area (Å²) >= 11 is 0. The van der Waals surface area contributed by atoms with Crippen LogP contribution in [0.3, 0.4) is 0 Å². The third-order valence-electron chi connectivity index (χ3n) is 1.98. The standard InChI is InChI=1S/C10H21NO3/c1-8(2)6-9(7-12)11-5-3-4-10(13)14/h8-9,11-12H,3-7H2,1-2H3,(H,13,14). The quantitative estimate of drug-likeness (QED) is 0.511. The number of aliphatic hydroxyl groups excluding tert-OH is 1. The Labute approximate surface area is 85.3 Å². The molecule has 0 rings (SSSR count). The second kappa shape index (κ2) is 7.76. The van der Waals surface area contributed by atoms with Crippen molar-refractivity contribution in [2.24, 2.45) is 5.92 Å². The lowest BCUT2D eigenvalue weighted by Gasteiger charge is -2.17. The zero-order valence-corrected chi connectivity index (χ0v) is 8.99. The minimum Gasteiger partial charge on any atom is -0.481 e. The van der Waals surface area contributed by atoms with E-state index in [4.69, 9.17) is 10.2 Å². The zero-order valence-electron chi connectivity index (χ0n) is 8.99.